The standard InChI is InChI=1S/C11H22N2O4/c1-5-17-7-9(3)12-11(16)13(4)6-8(2)10(14)15/h8-9H,5-7H2,1-4H3,(H,12,16)(H,14,15). The zero-order valence-electron chi connectivity index (χ0n) is 10.9. The molecule has 17 heavy (non-hydrogen) atoms. The van der Waals surface area contributed by atoms with Crippen LogP contribution < -0.4 is 5.32 Å². The molecule has 0 radical (unpaired) electrons. The van der Waals surface area contributed by atoms with E-state index in [1.54, 1.807) is 14.0 Å². The van der Waals surface area contributed by atoms with Crippen molar-refractivity contribution in [3.05, 3.63) is 0 Å². The summed E-state index contributed by atoms with van der Waals surface area (Å²) in [6.45, 7) is 6.52. The van der Waals surface area contributed by atoms with E-state index in [1.807, 2.05) is 13.8 Å². The van der Waals surface area contributed by atoms with Crippen LogP contribution in [-0.2, 0) is 9.53 Å². The molecule has 0 aromatic heterocycles. The number of amides is 2. The zero-order valence-corrected chi connectivity index (χ0v) is 10.9. The van der Waals surface area contributed by atoms with Crippen LogP contribution >= 0.6 is 0 Å². The summed E-state index contributed by atoms with van der Waals surface area (Å²) in [6, 6.07) is -0.379. The molecule has 0 saturated carbocycles. The van der Waals surface area contributed by atoms with Gasteiger partial charge < -0.3 is 20.1 Å². The van der Waals surface area contributed by atoms with E-state index in [0.29, 0.717) is 13.2 Å². The lowest BCUT2D eigenvalue weighted by Gasteiger charge is -2.22. The number of hydrogen-bond acceptors (Lipinski definition) is 3. The van der Waals surface area contributed by atoms with Crippen LogP contribution in [0.4, 0.5) is 4.79 Å². The molecular formula is C11H22N2O4. The highest BCUT2D eigenvalue weighted by molar-refractivity contribution is 5.75. The molecule has 0 aliphatic carbocycles. The van der Waals surface area contributed by atoms with Crippen molar-refractivity contribution in [1.29, 1.82) is 0 Å². The van der Waals surface area contributed by atoms with Crippen molar-refractivity contribution in [2.75, 3.05) is 26.8 Å². The molecule has 0 aromatic rings. The van der Waals surface area contributed by atoms with Gasteiger partial charge in [0.1, 0.15) is 0 Å². The second kappa shape index (κ2) is 7.89. The van der Waals surface area contributed by atoms with Gasteiger partial charge in [0.25, 0.3) is 0 Å². The monoisotopic (exact) mass is 246 g/mol. The van der Waals surface area contributed by atoms with Crippen LogP contribution in [-0.4, -0.2) is 54.9 Å². The Kier molecular flexibility index (Phi) is 7.29. The van der Waals surface area contributed by atoms with E-state index in [-0.39, 0.29) is 18.6 Å². The van der Waals surface area contributed by atoms with Crippen molar-refractivity contribution in [2.24, 2.45) is 5.92 Å². The number of nitrogens with zero attached hydrogens (tertiary/aromatic N) is 1. The molecule has 2 unspecified atom stereocenters. The molecule has 2 atom stereocenters. The molecule has 100 valence electrons. The predicted molar refractivity (Wildman–Crippen MR) is 63.9 cm³/mol. The highest BCUT2D eigenvalue weighted by Crippen LogP contribution is 1.99. The van der Waals surface area contributed by atoms with Gasteiger partial charge >= 0.3 is 12.0 Å². The van der Waals surface area contributed by atoms with Gasteiger partial charge in [-0.3, -0.25) is 4.79 Å². The van der Waals surface area contributed by atoms with E-state index in [1.165, 1.54) is 4.90 Å². The number of ether oxygens (including phenoxy) is 1. The maximum atomic E-state index is 11.6. The first-order chi connectivity index (χ1) is 7.88. The van der Waals surface area contributed by atoms with Crippen LogP contribution in [0.25, 0.3) is 0 Å². The van der Waals surface area contributed by atoms with Gasteiger partial charge in [0, 0.05) is 20.2 Å². The lowest BCUT2D eigenvalue weighted by molar-refractivity contribution is -0.141. The number of carboxylic acids is 1. The number of rotatable bonds is 7. The van der Waals surface area contributed by atoms with Crippen LogP contribution in [0.5, 0.6) is 0 Å². The first-order valence-corrected chi connectivity index (χ1v) is 5.70. The second-order valence-corrected chi connectivity index (χ2v) is 4.13. The normalized spacial score (nSPS) is 13.9. The molecule has 0 aliphatic heterocycles. The van der Waals surface area contributed by atoms with Crippen LogP contribution in [0.3, 0.4) is 0 Å². The summed E-state index contributed by atoms with van der Waals surface area (Å²) >= 11 is 0. The van der Waals surface area contributed by atoms with E-state index in [9.17, 15) is 9.59 Å². The molecule has 6 nitrogen and oxygen atoms in total. The molecule has 0 spiro atoms. The minimum atomic E-state index is -0.910. The Labute approximate surface area is 102 Å². The number of aliphatic carboxylic acids is 1. The lowest BCUT2D eigenvalue weighted by Crippen LogP contribution is -2.45. The quantitative estimate of drug-likeness (QED) is 0.695. The molecule has 0 heterocycles. The predicted octanol–water partition coefficient (Wildman–Crippen LogP) is 0.773. The molecule has 6 heteroatoms. The Morgan fingerprint density at radius 1 is 1.41 bits per heavy atom. The topological polar surface area (TPSA) is 78.9 Å². The minimum Gasteiger partial charge on any atom is -0.481 e. The van der Waals surface area contributed by atoms with Crippen molar-refractivity contribution >= 4 is 12.0 Å². The molecular weight excluding hydrogens is 224 g/mol. The Morgan fingerprint density at radius 2 is 2.00 bits per heavy atom. The number of hydrogen-bond donors (Lipinski definition) is 2. The van der Waals surface area contributed by atoms with E-state index in [0.717, 1.165) is 0 Å². The van der Waals surface area contributed by atoms with Crippen molar-refractivity contribution in [3.8, 4) is 0 Å². The molecule has 0 rings (SSSR count). The summed E-state index contributed by atoms with van der Waals surface area (Å²) in [7, 11) is 1.57. The Bertz CT molecular complexity index is 258. The third-order valence-electron chi connectivity index (χ3n) is 2.26. The molecule has 2 amide bonds. The smallest absolute Gasteiger partial charge is 0.317 e. The number of carboxylic acid groups (broad SMARTS) is 1. The van der Waals surface area contributed by atoms with Crippen LogP contribution in [0.2, 0.25) is 0 Å². The third-order valence-corrected chi connectivity index (χ3v) is 2.26. The summed E-state index contributed by atoms with van der Waals surface area (Å²) in [5.74, 6) is -1.49. The maximum Gasteiger partial charge on any atom is 0.317 e. The Morgan fingerprint density at radius 3 is 2.47 bits per heavy atom. The SMILES string of the molecule is CCOCC(C)NC(=O)N(C)CC(C)C(=O)O. The summed E-state index contributed by atoms with van der Waals surface area (Å²) < 4.78 is 5.17. The van der Waals surface area contributed by atoms with Gasteiger partial charge in [0.2, 0.25) is 0 Å². The fraction of sp³-hybridized carbons (Fsp3) is 0.818. The lowest BCUT2D eigenvalue weighted by atomic mass is 10.2. The molecule has 0 bridgehead atoms. The van der Waals surface area contributed by atoms with E-state index in [2.05, 4.69) is 5.32 Å². The molecule has 0 aliphatic rings. The average molecular weight is 246 g/mol. The zero-order chi connectivity index (χ0) is 13.4. The second-order valence-electron chi connectivity index (χ2n) is 4.13. The molecule has 0 aromatic carbocycles. The van der Waals surface area contributed by atoms with Gasteiger partial charge in [-0.05, 0) is 13.8 Å². The maximum absolute atomic E-state index is 11.6. The number of urea groups is 1. The molecule has 0 fully saturated rings. The average Bonchev–Trinajstić information content (AvgIpc) is 2.25. The van der Waals surface area contributed by atoms with Crippen molar-refractivity contribution < 1.29 is 19.4 Å². The largest absolute Gasteiger partial charge is 0.481 e. The van der Waals surface area contributed by atoms with Gasteiger partial charge in [-0.15, -0.1) is 0 Å². The Hall–Kier alpha value is -1.30. The van der Waals surface area contributed by atoms with Gasteiger partial charge in [-0.2, -0.15) is 0 Å². The summed E-state index contributed by atoms with van der Waals surface area (Å²) in [5, 5.41) is 11.5. The van der Waals surface area contributed by atoms with Crippen LogP contribution in [0, 0.1) is 5.92 Å². The van der Waals surface area contributed by atoms with E-state index < -0.39 is 11.9 Å². The number of carbonyl (C=O) groups is 2. The third kappa shape index (κ3) is 6.78. The summed E-state index contributed by atoms with van der Waals surface area (Å²) in [4.78, 5) is 23.6. The number of carbonyl (C=O) groups excluding carboxylic acids is 1. The molecule has 0 saturated heterocycles. The van der Waals surface area contributed by atoms with E-state index >= 15 is 0 Å². The fourth-order valence-corrected chi connectivity index (χ4v) is 1.23. The van der Waals surface area contributed by atoms with Gasteiger partial charge in [-0.25, -0.2) is 4.79 Å². The highest BCUT2D eigenvalue weighted by atomic mass is 16.5. The van der Waals surface area contributed by atoms with Gasteiger partial charge in [-0.1, -0.05) is 6.92 Å². The van der Waals surface area contributed by atoms with Crippen molar-refractivity contribution in [3.63, 3.8) is 0 Å². The summed E-state index contributed by atoms with van der Waals surface area (Å²) in [6.07, 6.45) is 0. The van der Waals surface area contributed by atoms with Gasteiger partial charge in [0.05, 0.1) is 18.6 Å². The van der Waals surface area contributed by atoms with Crippen molar-refractivity contribution in [1.82, 2.24) is 10.2 Å². The summed E-state index contributed by atoms with van der Waals surface area (Å²) in [5.41, 5.74) is 0. The van der Waals surface area contributed by atoms with Crippen molar-refractivity contribution in [2.45, 2.75) is 26.8 Å². The number of nitrogens with one attached hydrogen (secondary N) is 1. The minimum absolute atomic E-state index is 0.0926. The first-order valence-electron chi connectivity index (χ1n) is 5.70. The van der Waals surface area contributed by atoms with Crippen LogP contribution in [0.1, 0.15) is 20.8 Å². The van der Waals surface area contributed by atoms with Gasteiger partial charge in [0.15, 0.2) is 0 Å². The van der Waals surface area contributed by atoms with Crippen LogP contribution in [0.15, 0.2) is 0 Å². The van der Waals surface area contributed by atoms with E-state index in [4.69, 9.17) is 9.84 Å². The fourth-order valence-electron chi connectivity index (χ4n) is 1.23. The Balaban J connectivity index is 4.00. The first kappa shape index (κ1) is 15.7. The highest BCUT2D eigenvalue weighted by Gasteiger charge is 2.18. The molecule has 2 N–H and O–H groups in total.